The van der Waals surface area contributed by atoms with Crippen molar-refractivity contribution in [1.29, 1.82) is 0 Å². The Balaban J connectivity index is 1.62. The van der Waals surface area contributed by atoms with Crippen LogP contribution in [0.2, 0.25) is 36.3 Å². The lowest BCUT2D eigenvalue weighted by molar-refractivity contribution is -0.217. The zero-order chi connectivity index (χ0) is 34.9. The van der Waals surface area contributed by atoms with Gasteiger partial charge in [0.25, 0.3) is 0 Å². The standard InChI is InChI=1S/C41H68O4Si2/c1-39(2,3)46(9,10)43-31-36-26-25-35(30-37(36)32-44-47(11,12)40(4,5)6)24-23-34-21-18-20-33(29-34)19-14-13-16-27-41(7,8)45-38-22-15-17-28-42-38/h18,20-21,23-26,29-30,38H,13-17,19,22,27-28,31-32H2,1-12H3. The van der Waals surface area contributed by atoms with Gasteiger partial charge in [0.05, 0.1) is 18.8 Å². The summed E-state index contributed by atoms with van der Waals surface area (Å²) in [5.74, 6) is 0. The van der Waals surface area contributed by atoms with Gasteiger partial charge in [-0.15, -0.1) is 0 Å². The molecule has 0 radical (unpaired) electrons. The van der Waals surface area contributed by atoms with Gasteiger partial charge in [0.2, 0.25) is 0 Å². The van der Waals surface area contributed by atoms with E-state index in [0.717, 1.165) is 32.3 Å². The largest absolute Gasteiger partial charge is 0.413 e. The molecule has 2 aromatic carbocycles. The van der Waals surface area contributed by atoms with Crippen molar-refractivity contribution in [2.24, 2.45) is 0 Å². The van der Waals surface area contributed by atoms with Crippen molar-refractivity contribution in [2.45, 2.75) is 168 Å². The first kappa shape index (κ1) is 39.9. The SMILES string of the molecule is CC(C)(CCCCCc1cccc(C=Cc2ccc(CO[Si](C)(C)C(C)(C)C)c(CO[Si](C)(C)C(C)(C)C)c2)c1)OC1CCCCO1. The fraction of sp³-hybridized carbons (Fsp3) is 0.659. The first-order valence-electron chi connectivity index (χ1n) is 18.2. The molecule has 47 heavy (non-hydrogen) atoms. The fourth-order valence-electron chi connectivity index (χ4n) is 5.29. The van der Waals surface area contributed by atoms with Gasteiger partial charge in [-0.1, -0.05) is 103 Å². The monoisotopic (exact) mass is 680 g/mol. The van der Waals surface area contributed by atoms with Crippen LogP contribution >= 0.6 is 0 Å². The maximum Gasteiger partial charge on any atom is 0.192 e. The molecule has 0 amide bonds. The molecule has 0 bridgehead atoms. The highest BCUT2D eigenvalue weighted by Gasteiger charge is 2.38. The van der Waals surface area contributed by atoms with E-state index in [0.29, 0.717) is 13.2 Å². The zero-order valence-corrected chi connectivity index (χ0v) is 34.2. The number of unbranched alkanes of at least 4 members (excludes halogenated alkanes) is 2. The normalized spacial score (nSPS) is 17.1. The minimum atomic E-state index is -1.89. The van der Waals surface area contributed by atoms with Crippen molar-refractivity contribution in [3.8, 4) is 0 Å². The smallest absolute Gasteiger partial charge is 0.192 e. The van der Waals surface area contributed by atoms with Gasteiger partial charge in [0, 0.05) is 6.61 Å². The Labute approximate surface area is 291 Å². The van der Waals surface area contributed by atoms with E-state index >= 15 is 0 Å². The molecule has 3 rings (SSSR count). The molecular formula is C41H68O4Si2. The molecule has 1 aliphatic rings. The van der Waals surface area contributed by atoms with Crippen LogP contribution in [0.25, 0.3) is 12.2 Å². The summed E-state index contributed by atoms with van der Waals surface area (Å²) in [5.41, 5.74) is 6.20. The van der Waals surface area contributed by atoms with E-state index in [4.69, 9.17) is 18.3 Å². The second-order valence-electron chi connectivity index (χ2n) is 17.4. The highest BCUT2D eigenvalue weighted by Crippen LogP contribution is 2.39. The van der Waals surface area contributed by atoms with Crippen LogP contribution in [0.15, 0.2) is 42.5 Å². The summed E-state index contributed by atoms with van der Waals surface area (Å²) in [6.45, 7) is 29.7. The highest BCUT2D eigenvalue weighted by molar-refractivity contribution is 6.74. The third-order valence-electron chi connectivity index (χ3n) is 10.8. The molecule has 1 atom stereocenters. The highest BCUT2D eigenvalue weighted by atomic mass is 28.4. The van der Waals surface area contributed by atoms with E-state index in [1.165, 1.54) is 53.5 Å². The molecule has 4 nitrogen and oxygen atoms in total. The Kier molecular flexibility index (Phi) is 14.4. The number of hydrogen-bond donors (Lipinski definition) is 0. The third kappa shape index (κ3) is 13.0. The summed E-state index contributed by atoms with van der Waals surface area (Å²) < 4.78 is 25.5. The third-order valence-corrected chi connectivity index (χ3v) is 19.7. The summed E-state index contributed by atoms with van der Waals surface area (Å²) in [7, 11) is -3.76. The maximum atomic E-state index is 6.72. The first-order chi connectivity index (χ1) is 21.8. The number of benzene rings is 2. The Hall–Kier alpha value is -1.55. The van der Waals surface area contributed by atoms with E-state index in [9.17, 15) is 0 Å². The van der Waals surface area contributed by atoms with Gasteiger partial charge in [-0.05, 0) is 123 Å². The fourth-order valence-corrected chi connectivity index (χ4v) is 7.19. The van der Waals surface area contributed by atoms with Gasteiger partial charge in [0.15, 0.2) is 22.9 Å². The summed E-state index contributed by atoms with van der Waals surface area (Å²) in [6, 6.07) is 15.8. The van der Waals surface area contributed by atoms with Crippen molar-refractivity contribution < 1.29 is 18.3 Å². The van der Waals surface area contributed by atoms with E-state index in [1.807, 2.05) is 0 Å². The van der Waals surface area contributed by atoms with E-state index < -0.39 is 16.6 Å². The Morgan fingerprint density at radius 1 is 0.723 bits per heavy atom. The maximum absolute atomic E-state index is 6.72. The molecule has 0 spiro atoms. The van der Waals surface area contributed by atoms with Crippen LogP contribution in [0.5, 0.6) is 0 Å². The lowest BCUT2D eigenvalue weighted by Crippen LogP contribution is -2.41. The lowest BCUT2D eigenvalue weighted by atomic mass is 9.98. The number of aryl methyl sites for hydroxylation is 1. The van der Waals surface area contributed by atoms with Crippen LogP contribution in [-0.4, -0.2) is 35.1 Å². The molecule has 1 saturated heterocycles. The summed E-state index contributed by atoms with van der Waals surface area (Å²) in [6.07, 6.45) is 13.6. The zero-order valence-electron chi connectivity index (χ0n) is 32.2. The quantitative estimate of drug-likeness (QED) is 0.100. The molecule has 2 aromatic rings. The minimum absolute atomic E-state index is 0.0176. The van der Waals surface area contributed by atoms with Crippen LogP contribution in [0, 0.1) is 0 Å². The van der Waals surface area contributed by atoms with E-state index in [1.54, 1.807) is 0 Å². The average Bonchev–Trinajstić information content (AvgIpc) is 2.97. The van der Waals surface area contributed by atoms with Gasteiger partial charge in [-0.2, -0.15) is 0 Å². The molecule has 1 aliphatic heterocycles. The van der Waals surface area contributed by atoms with Gasteiger partial charge in [-0.25, -0.2) is 0 Å². The summed E-state index contributed by atoms with van der Waals surface area (Å²) in [5, 5.41) is 0.347. The molecule has 0 N–H and O–H groups in total. The molecule has 0 saturated carbocycles. The van der Waals surface area contributed by atoms with Crippen molar-refractivity contribution in [3.63, 3.8) is 0 Å². The minimum Gasteiger partial charge on any atom is -0.413 e. The molecule has 1 fully saturated rings. The van der Waals surface area contributed by atoms with Gasteiger partial charge in [0.1, 0.15) is 0 Å². The van der Waals surface area contributed by atoms with Crippen LogP contribution in [0.4, 0.5) is 0 Å². The molecule has 0 aromatic heterocycles. The van der Waals surface area contributed by atoms with Gasteiger partial charge in [-0.3, -0.25) is 0 Å². The van der Waals surface area contributed by atoms with Crippen molar-refractivity contribution in [1.82, 2.24) is 0 Å². The number of hydrogen-bond acceptors (Lipinski definition) is 4. The topological polar surface area (TPSA) is 36.9 Å². The summed E-state index contributed by atoms with van der Waals surface area (Å²) >= 11 is 0. The molecule has 1 heterocycles. The summed E-state index contributed by atoms with van der Waals surface area (Å²) in [4.78, 5) is 0. The molecule has 264 valence electrons. The van der Waals surface area contributed by atoms with Crippen molar-refractivity contribution >= 4 is 28.8 Å². The first-order valence-corrected chi connectivity index (χ1v) is 24.1. The molecular weight excluding hydrogens is 613 g/mol. The average molecular weight is 681 g/mol. The van der Waals surface area contributed by atoms with Crippen molar-refractivity contribution in [2.75, 3.05) is 6.61 Å². The Bertz CT molecular complexity index is 1280. The number of rotatable bonds is 16. The van der Waals surface area contributed by atoms with Crippen LogP contribution in [0.3, 0.4) is 0 Å². The van der Waals surface area contributed by atoms with Gasteiger partial charge >= 0.3 is 0 Å². The lowest BCUT2D eigenvalue weighted by Gasteiger charge is -2.37. The Morgan fingerprint density at radius 2 is 1.34 bits per heavy atom. The van der Waals surface area contributed by atoms with Crippen molar-refractivity contribution in [3.05, 3.63) is 70.3 Å². The van der Waals surface area contributed by atoms with Crippen LogP contribution in [-0.2, 0) is 38.0 Å². The molecule has 1 unspecified atom stereocenters. The predicted octanol–water partition coefficient (Wildman–Crippen LogP) is 12.3. The number of ether oxygens (including phenoxy) is 2. The second-order valence-corrected chi connectivity index (χ2v) is 27.1. The van der Waals surface area contributed by atoms with Crippen LogP contribution in [0.1, 0.15) is 128 Å². The van der Waals surface area contributed by atoms with E-state index in [-0.39, 0.29) is 22.0 Å². The molecule has 0 aliphatic carbocycles. The van der Waals surface area contributed by atoms with Gasteiger partial charge < -0.3 is 18.3 Å². The molecule has 6 heteroatoms. The second kappa shape index (κ2) is 16.9. The Morgan fingerprint density at radius 3 is 1.94 bits per heavy atom. The van der Waals surface area contributed by atoms with Crippen LogP contribution < -0.4 is 0 Å². The predicted molar refractivity (Wildman–Crippen MR) is 207 cm³/mol. The van der Waals surface area contributed by atoms with E-state index in [2.05, 4.69) is 136 Å².